The topological polar surface area (TPSA) is 43.1 Å². The van der Waals surface area contributed by atoms with Crippen molar-refractivity contribution in [1.29, 1.82) is 0 Å². The van der Waals surface area contributed by atoms with Crippen LogP contribution in [0.5, 0.6) is 0 Å². The zero-order chi connectivity index (χ0) is 13.8. The van der Waals surface area contributed by atoms with Crippen LogP contribution in [0.15, 0.2) is 18.2 Å². The Bertz CT molecular complexity index is 422. The zero-order valence-corrected chi connectivity index (χ0v) is 11.6. The second-order valence-corrected chi connectivity index (χ2v) is 4.91. The summed E-state index contributed by atoms with van der Waals surface area (Å²) in [5.74, 6) is -0.526. The molecule has 0 spiro atoms. The second kappa shape index (κ2) is 6.30. The maximum absolute atomic E-state index is 13.7. The standard InChI is InChI=1S/C14H19ClFNO/c1-3-14(4-2,9-17)12(18)8-10-6-5-7-11(15)13(10)16/h5-7H,3-4,8-9,17H2,1-2H3. The highest BCUT2D eigenvalue weighted by Crippen LogP contribution is 2.29. The van der Waals surface area contributed by atoms with Gasteiger partial charge >= 0.3 is 0 Å². The molecule has 1 aromatic rings. The van der Waals surface area contributed by atoms with Crippen molar-refractivity contribution >= 4 is 17.4 Å². The highest BCUT2D eigenvalue weighted by atomic mass is 35.5. The van der Waals surface area contributed by atoms with Crippen molar-refractivity contribution < 1.29 is 9.18 Å². The number of carbonyl (C=O) groups is 1. The highest BCUT2D eigenvalue weighted by molar-refractivity contribution is 6.30. The molecule has 4 heteroatoms. The zero-order valence-electron chi connectivity index (χ0n) is 10.8. The van der Waals surface area contributed by atoms with Gasteiger partial charge in [-0.1, -0.05) is 37.6 Å². The van der Waals surface area contributed by atoms with E-state index >= 15 is 0 Å². The molecule has 0 aliphatic rings. The minimum atomic E-state index is -0.547. The normalized spacial score (nSPS) is 11.6. The van der Waals surface area contributed by atoms with Gasteiger partial charge in [-0.25, -0.2) is 4.39 Å². The van der Waals surface area contributed by atoms with Crippen LogP contribution in [0.1, 0.15) is 32.3 Å². The van der Waals surface area contributed by atoms with Crippen LogP contribution in [-0.4, -0.2) is 12.3 Å². The van der Waals surface area contributed by atoms with Gasteiger partial charge in [-0.2, -0.15) is 0 Å². The van der Waals surface area contributed by atoms with Crippen LogP contribution in [0, 0.1) is 11.2 Å². The van der Waals surface area contributed by atoms with Gasteiger partial charge in [-0.3, -0.25) is 4.79 Å². The minimum Gasteiger partial charge on any atom is -0.329 e. The summed E-state index contributed by atoms with van der Waals surface area (Å²) < 4.78 is 13.7. The van der Waals surface area contributed by atoms with Gasteiger partial charge in [0.1, 0.15) is 11.6 Å². The van der Waals surface area contributed by atoms with Crippen LogP contribution in [0.4, 0.5) is 4.39 Å². The molecule has 18 heavy (non-hydrogen) atoms. The Labute approximate surface area is 112 Å². The van der Waals surface area contributed by atoms with Gasteiger partial charge in [-0.15, -0.1) is 0 Å². The first-order valence-corrected chi connectivity index (χ1v) is 6.54. The molecule has 0 aromatic heterocycles. The number of carbonyl (C=O) groups excluding carboxylic acids is 1. The largest absolute Gasteiger partial charge is 0.329 e. The maximum Gasteiger partial charge on any atom is 0.145 e. The molecule has 0 aliphatic heterocycles. The molecule has 0 radical (unpaired) electrons. The maximum atomic E-state index is 13.7. The number of hydrogen-bond acceptors (Lipinski definition) is 2. The molecule has 100 valence electrons. The SMILES string of the molecule is CCC(CC)(CN)C(=O)Cc1cccc(Cl)c1F. The van der Waals surface area contributed by atoms with Crippen LogP contribution in [0.2, 0.25) is 5.02 Å². The molecular weight excluding hydrogens is 253 g/mol. The number of nitrogens with two attached hydrogens (primary N) is 1. The Morgan fingerprint density at radius 1 is 1.39 bits per heavy atom. The monoisotopic (exact) mass is 271 g/mol. The van der Waals surface area contributed by atoms with Gasteiger partial charge in [-0.05, 0) is 24.5 Å². The molecule has 0 aliphatic carbocycles. The van der Waals surface area contributed by atoms with E-state index < -0.39 is 11.2 Å². The molecule has 0 atom stereocenters. The van der Waals surface area contributed by atoms with Gasteiger partial charge in [0.2, 0.25) is 0 Å². The second-order valence-electron chi connectivity index (χ2n) is 4.50. The van der Waals surface area contributed by atoms with Gasteiger partial charge in [0.15, 0.2) is 0 Å². The Hall–Kier alpha value is -0.930. The number of rotatable bonds is 6. The molecule has 1 rings (SSSR count). The molecule has 0 bridgehead atoms. The smallest absolute Gasteiger partial charge is 0.145 e. The predicted molar refractivity (Wildman–Crippen MR) is 72.2 cm³/mol. The van der Waals surface area contributed by atoms with Crippen molar-refractivity contribution in [1.82, 2.24) is 0 Å². The fourth-order valence-electron chi connectivity index (χ4n) is 2.09. The van der Waals surface area contributed by atoms with E-state index in [1.54, 1.807) is 12.1 Å². The summed E-state index contributed by atoms with van der Waals surface area (Å²) in [6.07, 6.45) is 1.38. The third-order valence-corrected chi connectivity index (χ3v) is 4.01. The van der Waals surface area contributed by atoms with Crippen LogP contribution in [0.25, 0.3) is 0 Å². The van der Waals surface area contributed by atoms with E-state index in [-0.39, 0.29) is 17.2 Å². The summed E-state index contributed by atoms with van der Waals surface area (Å²) in [7, 11) is 0. The van der Waals surface area contributed by atoms with Crippen molar-refractivity contribution in [3.8, 4) is 0 Å². The quantitative estimate of drug-likeness (QED) is 0.862. The summed E-state index contributed by atoms with van der Waals surface area (Å²) in [4.78, 5) is 12.3. The van der Waals surface area contributed by atoms with E-state index in [1.807, 2.05) is 13.8 Å². The minimum absolute atomic E-state index is 0.0174. The van der Waals surface area contributed by atoms with Crippen molar-refractivity contribution in [2.45, 2.75) is 33.1 Å². The van der Waals surface area contributed by atoms with Crippen molar-refractivity contribution in [2.75, 3.05) is 6.54 Å². The van der Waals surface area contributed by atoms with Gasteiger partial charge in [0.05, 0.1) is 5.02 Å². The summed E-state index contributed by atoms with van der Waals surface area (Å²) in [5.41, 5.74) is 5.50. The Kier molecular flexibility index (Phi) is 5.29. The number of ketones is 1. The number of Topliss-reactive ketones (excluding diaryl/α,β-unsaturated/α-hetero) is 1. The van der Waals surface area contributed by atoms with Crippen molar-refractivity contribution in [3.05, 3.63) is 34.6 Å². The highest BCUT2D eigenvalue weighted by Gasteiger charge is 2.33. The van der Waals surface area contributed by atoms with Crippen LogP contribution in [0.3, 0.4) is 0 Å². The lowest BCUT2D eigenvalue weighted by Crippen LogP contribution is -2.38. The van der Waals surface area contributed by atoms with Gasteiger partial charge in [0.25, 0.3) is 0 Å². The fraction of sp³-hybridized carbons (Fsp3) is 0.500. The molecule has 0 saturated heterocycles. The van der Waals surface area contributed by atoms with Crippen molar-refractivity contribution in [3.63, 3.8) is 0 Å². The number of halogens is 2. The van der Waals surface area contributed by atoms with Crippen LogP contribution < -0.4 is 5.73 Å². The lowest BCUT2D eigenvalue weighted by molar-refractivity contribution is -0.128. The number of hydrogen-bond donors (Lipinski definition) is 1. The van der Waals surface area contributed by atoms with E-state index in [4.69, 9.17) is 17.3 Å². The average Bonchev–Trinajstić information content (AvgIpc) is 2.38. The molecule has 0 saturated carbocycles. The summed E-state index contributed by atoms with van der Waals surface area (Å²) in [5, 5.41) is 0.0478. The molecule has 1 aromatic carbocycles. The molecule has 0 fully saturated rings. The first-order chi connectivity index (χ1) is 8.50. The third kappa shape index (κ3) is 2.90. The molecule has 2 N–H and O–H groups in total. The van der Waals surface area contributed by atoms with Gasteiger partial charge in [0, 0.05) is 18.4 Å². The Balaban J connectivity index is 2.97. The molecule has 0 amide bonds. The van der Waals surface area contributed by atoms with Crippen LogP contribution >= 0.6 is 11.6 Å². The van der Waals surface area contributed by atoms with E-state index in [9.17, 15) is 9.18 Å². The molecular formula is C14H19ClFNO. The average molecular weight is 272 g/mol. The van der Waals surface area contributed by atoms with E-state index in [0.717, 1.165) is 0 Å². The lowest BCUT2D eigenvalue weighted by Gasteiger charge is -2.28. The third-order valence-electron chi connectivity index (χ3n) is 3.72. The summed E-state index contributed by atoms with van der Waals surface area (Å²) >= 11 is 5.70. The molecule has 2 nitrogen and oxygen atoms in total. The van der Waals surface area contributed by atoms with E-state index in [2.05, 4.69) is 0 Å². The van der Waals surface area contributed by atoms with Gasteiger partial charge < -0.3 is 5.73 Å². The van der Waals surface area contributed by atoms with E-state index in [0.29, 0.717) is 24.9 Å². The Morgan fingerprint density at radius 3 is 2.50 bits per heavy atom. The van der Waals surface area contributed by atoms with Crippen LogP contribution in [-0.2, 0) is 11.2 Å². The van der Waals surface area contributed by atoms with E-state index in [1.165, 1.54) is 6.07 Å². The molecule has 0 unspecified atom stereocenters. The molecule has 0 heterocycles. The summed E-state index contributed by atoms with van der Waals surface area (Å²) in [6, 6.07) is 4.71. The fourth-order valence-corrected chi connectivity index (χ4v) is 2.29. The first kappa shape index (κ1) is 15.1. The Morgan fingerprint density at radius 2 is 2.00 bits per heavy atom. The van der Waals surface area contributed by atoms with Crippen molar-refractivity contribution in [2.24, 2.45) is 11.1 Å². The summed E-state index contributed by atoms with van der Waals surface area (Å²) in [6.45, 7) is 4.16. The lowest BCUT2D eigenvalue weighted by atomic mass is 9.76. The number of benzene rings is 1. The first-order valence-electron chi connectivity index (χ1n) is 6.17. The predicted octanol–water partition coefficient (Wildman–Crippen LogP) is 3.36.